The van der Waals surface area contributed by atoms with Gasteiger partial charge in [0, 0.05) is 50.7 Å². The number of aryl methyl sites for hydroxylation is 1. The Bertz CT molecular complexity index is 701. The van der Waals surface area contributed by atoms with Gasteiger partial charge in [-0.2, -0.15) is 0 Å². The van der Waals surface area contributed by atoms with E-state index in [1.54, 1.807) is 0 Å². The van der Waals surface area contributed by atoms with E-state index in [4.69, 9.17) is 9.47 Å². The molecule has 2 aliphatic rings. The van der Waals surface area contributed by atoms with E-state index < -0.39 is 0 Å². The number of rotatable bonds is 5. The molecule has 1 spiro atoms. The second kappa shape index (κ2) is 7.20. The van der Waals surface area contributed by atoms with Crippen molar-refractivity contribution >= 4 is 0 Å². The van der Waals surface area contributed by atoms with E-state index in [0.29, 0.717) is 6.61 Å². The summed E-state index contributed by atoms with van der Waals surface area (Å²) in [5.74, 6) is 0. The fraction of sp³-hybridized carbons (Fsp3) is 0.500. The van der Waals surface area contributed by atoms with E-state index in [9.17, 15) is 0 Å². The van der Waals surface area contributed by atoms with Crippen LogP contribution in [-0.2, 0) is 22.6 Å². The van der Waals surface area contributed by atoms with Gasteiger partial charge in [-0.15, -0.1) is 0 Å². The van der Waals surface area contributed by atoms with Gasteiger partial charge in [0.25, 0.3) is 0 Å². The molecular formula is C20H25N3O2. The second-order valence-corrected chi connectivity index (χ2v) is 7.23. The van der Waals surface area contributed by atoms with Crippen LogP contribution in [0.2, 0.25) is 0 Å². The molecule has 25 heavy (non-hydrogen) atoms. The fourth-order valence-corrected chi connectivity index (χ4v) is 3.86. The maximum absolute atomic E-state index is 6.14. The van der Waals surface area contributed by atoms with Crippen LogP contribution in [0.25, 0.3) is 0 Å². The molecule has 1 atom stereocenters. The van der Waals surface area contributed by atoms with Gasteiger partial charge >= 0.3 is 0 Å². The average molecular weight is 339 g/mol. The summed E-state index contributed by atoms with van der Waals surface area (Å²) in [7, 11) is 0. The molecular weight excluding hydrogens is 314 g/mol. The van der Waals surface area contributed by atoms with Crippen LogP contribution in [0.1, 0.15) is 29.8 Å². The predicted molar refractivity (Wildman–Crippen MR) is 95.0 cm³/mol. The highest BCUT2D eigenvalue weighted by atomic mass is 16.5. The van der Waals surface area contributed by atoms with Gasteiger partial charge in [0.15, 0.2) is 0 Å². The van der Waals surface area contributed by atoms with Crippen molar-refractivity contribution in [2.24, 2.45) is 0 Å². The zero-order valence-electron chi connectivity index (χ0n) is 14.7. The molecule has 4 heterocycles. The monoisotopic (exact) mass is 339 g/mol. The summed E-state index contributed by atoms with van der Waals surface area (Å²) in [5, 5.41) is 0. The molecule has 0 unspecified atom stereocenters. The summed E-state index contributed by atoms with van der Waals surface area (Å²) in [4.78, 5) is 11.1. The molecule has 132 valence electrons. The van der Waals surface area contributed by atoms with Gasteiger partial charge in [0.05, 0.1) is 24.0 Å². The molecule has 0 radical (unpaired) electrons. The topological polar surface area (TPSA) is 47.5 Å². The van der Waals surface area contributed by atoms with E-state index in [2.05, 4.69) is 20.9 Å². The summed E-state index contributed by atoms with van der Waals surface area (Å²) in [5.41, 5.74) is 3.28. The number of likely N-dealkylation sites (tertiary alicyclic amines) is 1. The van der Waals surface area contributed by atoms with Crippen molar-refractivity contribution in [3.63, 3.8) is 0 Å². The van der Waals surface area contributed by atoms with Gasteiger partial charge in [0.2, 0.25) is 0 Å². The largest absolute Gasteiger partial charge is 0.372 e. The van der Waals surface area contributed by atoms with Crippen molar-refractivity contribution in [1.29, 1.82) is 0 Å². The third kappa shape index (κ3) is 4.06. The van der Waals surface area contributed by atoms with Crippen LogP contribution in [-0.4, -0.2) is 46.3 Å². The number of hydrogen-bond donors (Lipinski definition) is 0. The SMILES string of the molecule is Cc1cccc(CO[C@@H]2CCOC3(C2)CN(Cc2cccnc2)C3)n1. The van der Waals surface area contributed by atoms with Gasteiger partial charge < -0.3 is 9.47 Å². The fourth-order valence-electron chi connectivity index (χ4n) is 3.86. The van der Waals surface area contributed by atoms with Crippen LogP contribution < -0.4 is 0 Å². The van der Waals surface area contributed by atoms with E-state index in [1.807, 2.05) is 43.6 Å². The molecule has 0 saturated carbocycles. The Balaban J connectivity index is 1.27. The van der Waals surface area contributed by atoms with Gasteiger partial charge in [0.1, 0.15) is 0 Å². The van der Waals surface area contributed by atoms with E-state index in [-0.39, 0.29) is 11.7 Å². The summed E-state index contributed by atoms with van der Waals surface area (Å²) in [6.45, 7) is 6.28. The summed E-state index contributed by atoms with van der Waals surface area (Å²) < 4.78 is 12.3. The van der Waals surface area contributed by atoms with Crippen molar-refractivity contribution in [3.8, 4) is 0 Å². The Hall–Kier alpha value is -1.82. The average Bonchev–Trinajstić information content (AvgIpc) is 2.60. The molecule has 2 saturated heterocycles. The number of aromatic nitrogens is 2. The van der Waals surface area contributed by atoms with Crippen molar-refractivity contribution in [1.82, 2.24) is 14.9 Å². The van der Waals surface area contributed by atoms with Crippen molar-refractivity contribution in [2.45, 2.75) is 44.6 Å². The molecule has 5 nitrogen and oxygen atoms in total. The third-order valence-corrected chi connectivity index (χ3v) is 5.01. The molecule has 2 aliphatic heterocycles. The lowest BCUT2D eigenvalue weighted by Gasteiger charge is -2.53. The number of nitrogens with zero attached hydrogens (tertiary/aromatic N) is 3. The minimum Gasteiger partial charge on any atom is -0.372 e. The van der Waals surface area contributed by atoms with E-state index in [1.165, 1.54) is 5.56 Å². The van der Waals surface area contributed by atoms with Crippen LogP contribution in [0, 0.1) is 6.92 Å². The standard InChI is InChI=1S/C20H25N3O2/c1-16-4-2-6-18(22-16)13-24-19-7-9-25-20(10-19)14-23(15-20)12-17-5-3-8-21-11-17/h2-6,8,11,19H,7,9-10,12-15H2,1H3/t19-/m1/s1. The van der Waals surface area contributed by atoms with Gasteiger partial charge in [-0.25, -0.2) is 0 Å². The summed E-state index contributed by atoms with van der Waals surface area (Å²) in [6, 6.07) is 10.2. The molecule has 0 amide bonds. The van der Waals surface area contributed by atoms with E-state index >= 15 is 0 Å². The van der Waals surface area contributed by atoms with Crippen LogP contribution in [0.3, 0.4) is 0 Å². The van der Waals surface area contributed by atoms with Gasteiger partial charge in [-0.05, 0) is 37.1 Å². The maximum atomic E-state index is 6.14. The highest BCUT2D eigenvalue weighted by molar-refractivity contribution is 5.11. The van der Waals surface area contributed by atoms with E-state index in [0.717, 1.165) is 50.5 Å². The molecule has 0 bridgehead atoms. The quantitative estimate of drug-likeness (QED) is 0.838. The Kier molecular flexibility index (Phi) is 4.79. The van der Waals surface area contributed by atoms with Crippen molar-refractivity contribution < 1.29 is 9.47 Å². The second-order valence-electron chi connectivity index (χ2n) is 7.23. The first-order valence-electron chi connectivity index (χ1n) is 9.00. The molecule has 2 aromatic rings. The Morgan fingerprint density at radius 3 is 3.00 bits per heavy atom. The van der Waals surface area contributed by atoms with Crippen LogP contribution >= 0.6 is 0 Å². The van der Waals surface area contributed by atoms with Crippen molar-refractivity contribution in [3.05, 3.63) is 59.7 Å². The molecule has 2 aromatic heterocycles. The number of hydrogen-bond acceptors (Lipinski definition) is 5. The zero-order valence-corrected chi connectivity index (χ0v) is 14.7. The van der Waals surface area contributed by atoms with Crippen LogP contribution in [0.15, 0.2) is 42.7 Å². The lowest BCUT2D eigenvalue weighted by molar-refractivity contribution is -0.200. The maximum Gasteiger partial charge on any atom is 0.0959 e. The Labute approximate surface area is 149 Å². The normalized spacial score (nSPS) is 22.7. The minimum atomic E-state index is -0.0227. The first-order valence-corrected chi connectivity index (χ1v) is 9.00. The molecule has 4 rings (SSSR count). The minimum absolute atomic E-state index is 0.0227. The molecule has 0 aromatic carbocycles. The number of pyridine rings is 2. The van der Waals surface area contributed by atoms with Crippen molar-refractivity contribution in [2.75, 3.05) is 19.7 Å². The molecule has 5 heteroatoms. The lowest BCUT2D eigenvalue weighted by atomic mass is 9.84. The third-order valence-electron chi connectivity index (χ3n) is 5.01. The first kappa shape index (κ1) is 16.6. The molecule has 0 N–H and O–H groups in total. The van der Waals surface area contributed by atoms with Gasteiger partial charge in [-0.3, -0.25) is 14.9 Å². The zero-order chi connectivity index (χ0) is 17.1. The molecule has 0 aliphatic carbocycles. The van der Waals surface area contributed by atoms with Crippen LogP contribution in [0.5, 0.6) is 0 Å². The highest BCUT2D eigenvalue weighted by Crippen LogP contribution is 2.36. The van der Waals surface area contributed by atoms with Crippen LogP contribution in [0.4, 0.5) is 0 Å². The number of ether oxygens (including phenoxy) is 2. The predicted octanol–water partition coefficient (Wildman–Crippen LogP) is 2.74. The van der Waals surface area contributed by atoms with Gasteiger partial charge in [-0.1, -0.05) is 12.1 Å². The smallest absolute Gasteiger partial charge is 0.0959 e. The summed E-state index contributed by atoms with van der Waals surface area (Å²) in [6.07, 6.45) is 5.96. The molecule has 2 fully saturated rings. The highest BCUT2D eigenvalue weighted by Gasteiger charge is 2.47. The Morgan fingerprint density at radius 2 is 2.20 bits per heavy atom. The Morgan fingerprint density at radius 1 is 1.28 bits per heavy atom. The first-order chi connectivity index (χ1) is 12.2. The summed E-state index contributed by atoms with van der Waals surface area (Å²) >= 11 is 0. The lowest BCUT2D eigenvalue weighted by Crippen LogP contribution is -2.65.